The molecule has 0 spiro atoms. The minimum atomic E-state index is -0.177. The Kier molecular flexibility index (Phi) is 6.79. The molecule has 38 heavy (non-hydrogen) atoms. The average Bonchev–Trinajstić information content (AvgIpc) is 3.26. The Bertz CT molecular complexity index is 1420. The molecule has 0 saturated carbocycles. The predicted molar refractivity (Wildman–Crippen MR) is 146 cm³/mol. The fourth-order valence-electron chi connectivity index (χ4n) is 5.15. The van der Waals surface area contributed by atoms with E-state index in [1.54, 1.807) is 30.5 Å². The van der Waals surface area contributed by atoms with E-state index in [2.05, 4.69) is 41.0 Å². The second-order valence-corrected chi connectivity index (χ2v) is 10.4. The van der Waals surface area contributed by atoms with E-state index in [1.807, 2.05) is 18.2 Å². The van der Waals surface area contributed by atoms with E-state index in [0.717, 1.165) is 11.3 Å². The number of fused-ring (bicyclic) bond motifs is 1. The van der Waals surface area contributed by atoms with Gasteiger partial charge < -0.3 is 30.0 Å². The van der Waals surface area contributed by atoms with Gasteiger partial charge in [-0.3, -0.25) is 14.6 Å². The average molecular weight is 536 g/mol. The van der Waals surface area contributed by atoms with Gasteiger partial charge in [0.1, 0.15) is 12.4 Å². The Morgan fingerprint density at radius 1 is 1.37 bits per heavy atom. The Labute approximate surface area is 226 Å². The quantitative estimate of drug-likeness (QED) is 0.365. The summed E-state index contributed by atoms with van der Waals surface area (Å²) >= 11 is 6.37. The Hall–Kier alpha value is -3.98. The summed E-state index contributed by atoms with van der Waals surface area (Å²) in [6.45, 7) is 9.29. The minimum Gasteiger partial charge on any atom is -0.493 e. The van der Waals surface area contributed by atoms with Crippen molar-refractivity contribution in [1.82, 2.24) is 20.2 Å². The molecule has 1 atom stereocenters. The van der Waals surface area contributed by atoms with E-state index < -0.39 is 0 Å². The maximum atomic E-state index is 13.0. The molecule has 198 valence electrons. The lowest BCUT2D eigenvalue weighted by Gasteiger charge is -2.53. The number of carbonyl (C=O) groups is 2. The number of anilines is 2. The molecule has 1 fully saturated rings. The Morgan fingerprint density at radius 2 is 2.18 bits per heavy atom. The summed E-state index contributed by atoms with van der Waals surface area (Å²) in [5.41, 5.74) is 3.86. The highest BCUT2D eigenvalue weighted by Gasteiger charge is 2.47. The van der Waals surface area contributed by atoms with Gasteiger partial charge in [0.2, 0.25) is 5.91 Å². The maximum absolute atomic E-state index is 13.0. The van der Waals surface area contributed by atoms with Crippen LogP contribution in [0, 0.1) is 5.41 Å². The van der Waals surface area contributed by atoms with Crippen LogP contribution in [0.25, 0.3) is 11.3 Å². The topological polar surface area (TPSA) is 109 Å². The van der Waals surface area contributed by atoms with E-state index in [0.29, 0.717) is 58.7 Å². The lowest BCUT2D eigenvalue weighted by atomic mass is 9.75. The fraction of sp³-hybridized carbons (Fsp3) is 0.321. The Morgan fingerprint density at radius 3 is 2.92 bits per heavy atom. The number of methoxy groups -OCH3 is 1. The molecule has 2 aliphatic rings. The summed E-state index contributed by atoms with van der Waals surface area (Å²) < 4.78 is 11.8. The lowest BCUT2D eigenvalue weighted by molar-refractivity contribution is -0.148. The summed E-state index contributed by atoms with van der Waals surface area (Å²) in [4.78, 5) is 34.8. The van der Waals surface area contributed by atoms with Crippen LogP contribution in [0.3, 0.4) is 0 Å². The number of hydrogen-bond donors (Lipinski definition) is 3. The van der Waals surface area contributed by atoms with Gasteiger partial charge in [0.25, 0.3) is 5.91 Å². The molecule has 0 bridgehead atoms. The first-order valence-electron chi connectivity index (χ1n) is 12.4. The zero-order valence-electron chi connectivity index (χ0n) is 21.6. The van der Waals surface area contributed by atoms with Crippen LogP contribution < -0.4 is 20.1 Å². The van der Waals surface area contributed by atoms with Crippen molar-refractivity contribution in [1.29, 1.82) is 0 Å². The van der Waals surface area contributed by atoms with Gasteiger partial charge in [-0.1, -0.05) is 38.1 Å². The van der Waals surface area contributed by atoms with Gasteiger partial charge in [0, 0.05) is 42.4 Å². The third kappa shape index (κ3) is 4.47. The van der Waals surface area contributed by atoms with Crippen LogP contribution in [0.4, 0.5) is 11.4 Å². The van der Waals surface area contributed by atoms with Crippen LogP contribution in [0.15, 0.2) is 49.3 Å². The third-order valence-corrected chi connectivity index (χ3v) is 7.46. The first-order valence-corrected chi connectivity index (χ1v) is 12.8. The van der Waals surface area contributed by atoms with Crippen LogP contribution in [-0.2, 0) is 11.2 Å². The molecule has 9 nitrogen and oxygen atoms in total. The van der Waals surface area contributed by atoms with Crippen LogP contribution in [0.5, 0.6) is 11.5 Å². The van der Waals surface area contributed by atoms with Crippen molar-refractivity contribution < 1.29 is 19.1 Å². The number of halogens is 1. The van der Waals surface area contributed by atoms with Crippen molar-refractivity contribution in [3.05, 3.63) is 65.6 Å². The zero-order valence-corrected chi connectivity index (χ0v) is 22.3. The molecule has 2 aliphatic heterocycles. The number of carbonyl (C=O) groups excluding carboxylic acids is 2. The number of para-hydroxylation sites is 1. The maximum Gasteiger partial charge on any atom is 0.255 e. The van der Waals surface area contributed by atoms with E-state index in [4.69, 9.17) is 21.1 Å². The monoisotopic (exact) mass is 535 g/mol. The number of ether oxygens (including phenoxy) is 2. The van der Waals surface area contributed by atoms with E-state index in [-0.39, 0.29) is 29.9 Å². The molecule has 1 saturated heterocycles. The Balaban J connectivity index is 1.54. The van der Waals surface area contributed by atoms with Gasteiger partial charge in [0.15, 0.2) is 5.75 Å². The number of likely N-dealkylation sites (tertiary alicyclic amines) is 1. The highest BCUT2D eigenvalue weighted by Crippen LogP contribution is 2.43. The smallest absolute Gasteiger partial charge is 0.255 e. The van der Waals surface area contributed by atoms with Gasteiger partial charge in [-0.05, 0) is 24.3 Å². The summed E-state index contributed by atoms with van der Waals surface area (Å²) in [5, 5.41) is 6.76. The van der Waals surface area contributed by atoms with Gasteiger partial charge in [0.05, 0.1) is 47.0 Å². The molecule has 2 amide bonds. The van der Waals surface area contributed by atoms with Crippen molar-refractivity contribution in [3.8, 4) is 22.8 Å². The van der Waals surface area contributed by atoms with E-state index in [9.17, 15) is 9.59 Å². The molecule has 10 heteroatoms. The van der Waals surface area contributed by atoms with Crippen molar-refractivity contribution in [2.24, 2.45) is 5.41 Å². The normalized spacial score (nSPS) is 17.6. The lowest BCUT2D eigenvalue weighted by Crippen LogP contribution is -2.65. The number of rotatable bonds is 8. The van der Waals surface area contributed by atoms with Crippen molar-refractivity contribution in [2.75, 3.05) is 32.1 Å². The molecular weight excluding hydrogens is 506 g/mol. The third-order valence-electron chi connectivity index (χ3n) is 7.16. The second kappa shape index (κ2) is 10.1. The highest BCUT2D eigenvalue weighted by molar-refractivity contribution is 6.32. The number of benzene rings is 1. The van der Waals surface area contributed by atoms with Crippen molar-refractivity contribution in [3.63, 3.8) is 0 Å². The number of hydrogen-bond acceptors (Lipinski definition) is 6. The fourth-order valence-corrected chi connectivity index (χ4v) is 5.41. The first kappa shape index (κ1) is 25.7. The largest absolute Gasteiger partial charge is 0.493 e. The molecular formula is C28H30ClN5O4. The molecule has 3 N–H and O–H groups in total. The van der Waals surface area contributed by atoms with Gasteiger partial charge in [-0.15, -0.1) is 0 Å². The van der Waals surface area contributed by atoms with Crippen LogP contribution in [-0.4, -0.2) is 59.5 Å². The number of aromatic amines is 1. The van der Waals surface area contributed by atoms with Crippen LogP contribution >= 0.6 is 11.6 Å². The molecule has 1 unspecified atom stereocenters. The molecule has 5 rings (SSSR count). The number of aromatic nitrogens is 2. The first-order chi connectivity index (χ1) is 18.2. The SMILES string of the molecule is C=CC(=O)N1CC(C)(C)C1COc1cnccc1-c1[nH]c2c(c1Nc1cccc(Cl)c1OC)C(=O)NCC2. The zero-order chi connectivity index (χ0) is 27.0. The standard InChI is InChI=1S/C28H30ClN5O4/c1-5-22(35)34-15-28(2,3)21(34)14-38-20-13-30-11-9-16(20)24-25(23-18(32-24)10-12-31-27(23)36)33-19-8-6-7-17(29)26(19)37-4/h5-9,11,13,21,32-33H,1,10,12,14-15H2,2-4H3,(H,31,36). The molecule has 1 aromatic carbocycles. The van der Waals surface area contributed by atoms with Gasteiger partial charge in [-0.25, -0.2) is 0 Å². The van der Waals surface area contributed by atoms with Crippen molar-refractivity contribution in [2.45, 2.75) is 26.3 Å². The number of pyridine rings is 1. The van der Waals surface area contributed by atoms with Gasteiger partial charge in [-0.2, -0.15) is 0 Å². The molecule has 0 aliphatic carbocycles. The minimum absolute atomic E-state index is 0.0967. The van der Waals surface area contributed by atoms with Crippen molar-refractivity contribution >= 4 is 34.8 Å². The second-order valence-electron chi connectivity index (χ2n) is 10.0. The predicted octanol–water partition coefficient (Wildman–Crippen LogP) is 4.57. The van der Waals surface area contributed by atoms with E-state index >= 15 is 0 Å². The molecule has 2 aromatic heterocycles. The summed E-state index contributed by atoms with van der Waals surface area (Å²) in [5.74, 6) is 0.705. The van der Waals surface area contributed by atoms with Crippen LogP contribution in [0.1, 0.15) is 29.9 Å². The number of H-pyrrole nitrogens is 1. The number of amides is 2. The summed E-state index contributed by atoms with van der Waals surface area (Å²) in [6.07, 6.45) is 5.30. The molecule has 3 aromatic rings. The van der Waals surface area contributed by atoms with E-state index in [1.165, 1.54) is 6.08 Å². The molecule has 4 heterocycles. The highest BCUT2D eigenvalue weighted by atomic mass is 35.5. The summed E-state index contributed by atoms with van der Waals surface area (Å²) in [6, 6.07) is 7.11. The van der Waals surface area contributed by atoms with Crippen LogP contribution in [0.2, 0.25) is 5.02 Å². The molecule has 0 radical (unpaired) electrons. The van der Waals surface area contributed by atoms with Gasteiger partial charge >= 0.3 is 0 Å². The number of nitrogens with zero attached hydrogens (tertiary/aromatic N) is 2. The summed E-state index contributed by atoms with van der Waals surface area (Å²) in [7, 11) is 1.55. The number of nitrogens with one attached hydrogen (secondary N) is 3.